The van der Waals surface area contributed by atoms with Gasteiger partial charge in [-0.25, -0.2) is 9.50 Å². The number of carbonyl (C=O) groups is 3. The third kappa shape index (κ3) is 3.19. The van der Waals surface area contributed by atoms with E-state index in [1.54, 1.807) is 22.9 Å². The number of pyridine rings is 1. The van der Waals surface area contributed by atoms with E-state index in [0.29, 0.717) is 10.7 Å². The van der Waals surface area contributed by atoms with Crippen molar-refractivity contribution in [1.29, 1.82) is 0 Å². The Kier molecular flexibility index (Phi) is 4.00. The van der Waals surface area contributed by atoms with Gasteiger partial charge in [0.2, 0.25) is 17.8 Å². The molecule has 1 aliphatic heterocycles. The van der Waals surface area contributed by atoms with Gasteiger partial charge in [0.25, 0.3) is 5.91 Å². The van der Waals surface area contributed by atoms with Crippen LogP contribution in [0.15, 0.2) is 24.7 Å². The molecule has 3 aromatic heterocycles. The predicted molar refractivity (Wildman–Crippen MR) is 94.1 cm³/mol. The molecule has 4 N–H and O–H groups in total. The van der Waals surface area contributed by atoms with Crippen LogP contribution in [0.25, 0.3) is 5.65 Å². The van der Waals surface area contributed by atoms with Gasteiger partial charge in [0.15, 0.2) is 11.3 Å². The summed E-state index contributed by atoms with van der Waals surface area (Å²) in [6, 6.07) is 3.25. The van der Waals surface area contributed by atoms with Crippen molar-refractivity contribution in [3.05, 3.63) is 35.4 Å². The van der Waals surface area contributed by atoms with Crippen LogP contribution in [0.2, 0.25) is 5.02 Å². The summed E-state index contributed by atoms with van der Waals surface area (Å²) in [5.74, 6) is -1.84. The molecule has 138 valence electrons. The summed E-state index contributed by atoms with van der Waals surface area (Å²) in [7, 11) is 0. The number of rotatable bonds is 4. The van der Waals surface area contributed by atoms with Crippen molar-refractivity contribution in [3.63, 3.8) is 0 Å². The first kappa shape index (κ1) is 17.0. The Labute approximate surface area is 156 Å². The first-order valence-corrected chi connectivity index (χ1v) is 8.26. The third-order valence-electron chi connectivity index (χ3n) is 4.08. The zero-order valence-corrected chi connectivity index (χ0v) is 14.5. The van der Waals surface area contributed by atoms with Gasteiger partial charge in [-0.2, -0.15) is 4.98 Å². The summed E-state index contributed by atoms with van der Waals surface area (Å²) in [6.07, 6.45) is 2.92. The summed E-state index contributed by atoms with van der Waals surface area (Å²) < 4.78 is 3.04. The van der Waals surface area contributed by atoms with E-state index >= 15 is 0 Å². The predicted octanol–water partition coefficient (Wildman–Crippen LogP) is 0.275. The van der Waals surface area contributed by atoms with Crippen molar-refractivity contribution in [2.24, 2.45) is 11.7 Å². The second-order valence-corrected chi connectivity index (χ2v) is 6.42. The van der Waals surface area contributed by atoms with Gasteiger partial charge in [0.05, 0.1) is 12.2 Å². The van der Waals surface area contributed by atoms with Crippen molar-refractivity contribution < 1.29 is 14.4 Å². The number of amides is 3. The summed E-state index contributed by atoms with van der Waals surface area (Å²) in [5.41, 5.74) is 5.68. The number of nitrogens with one attached hydrogen (secondary N) is 2. The quantitative estimate of drug-likeness (QED) is 0.584. The topological polar surface area (TPSA) is 149 Å². The molecule has 0 bridgehead atoms. The molecule has 0 radical (unpaired) electrons. The van der Waals surface area contributed by atoms with Gasteiger partial charge < -0.3 is 15.6 Å². The Bertz CT molecular complexity index is 1090. The van der Waals surface area contributed by atoms with Gasteiger partial charge in [-0.15, -0.1) is 5.10 Å². The van der Waals surface area contributed by atoms with Gasteiger partial charge in [-0.3, -0.25) is 19.7 Å². The molecule has 3 aromatic rings. The number of fused-ring (bicyclic) bond motifs is 2. The lowest BCUT2D eigenvalue weighted by molar-refractivity contribution is -0.125. The van der Waals surface area contributed by atoms with Crippen molar-refractivity contribution in [2.45, 2.75) is 13.0 Å². The monoisotopic (exact) mass is 388 g/mol. The molecule has 11 nitrogen and oxygen atoms in total. The van der Waals surface area contributed by atoms with Crippen LogP contribution >= 0.6 is 11.6 Å². The number of carbonyl (C=O) groups excluding carboxylic acids is 3. The average Bonchev–Trinajstić information content (AvgIpc) is 3.17. The number of imidazole rings is 1. The number of nitrogens with two attached hydrogens (primary N) is 1. The van der Waals surface area contributed by atoms with Crippen molar-refractivity contribution in [2.75, 3.05) is 10.6 Å². The van der Waals surface area contributed by atoms with Crippen LogP contribution in [-0.2, 0) is 16.1 Å². The molecule has 0 aromatic carbocycles. The highest BCUT2D eigenvalue weighted by Crippen LogP contribution is 2.24. The minimum Gasteiger partial charge on any atom is -0.364 e. The van der Waals surface area contributed by atoms with Crippen LogP contribution in [0, 0.1) is 5.92 Å². The Hall–Kier alpha value is -3.47. The molecule has 4 heterocycles. The van der Waals surface area contributed by atoms with Crippen LogP contribution in [0.1, 0.15) is 16.9 Å². The van der Waals surface area contributed by atoms with Crippen LogP contribution in [0.4, 0.5) is 11.8 Å². The van der Waals surface area contributed by atoms with Crippen molar-refractivity contribution in [1.82, 2.24) is 24.1 Å². The number of hydrogen-bond donors (Lipinski definition) is 3. The van der Waals surface area contributed by atoms with Crippen LogP contribution in [-0.4, -0.2) is 41.9 Å². The van der Waals surface area contributed by atoms with Gasteiger partial charge in [0, 0.05) is 30.3 Å². The fourth-order valence-corrected chi connectivity index (χ4v) is 2.99. The molecule has 0 aliphatic carbocycles. The minimum absolute atomic E-state index is 0.0150. The highest BCUT2D eigenvalue weighted by Gasteiger charge is 2.31. The maximum atomic E-state index is 12.3. The van der Waals surface area contributed by atoms with Crippen LogP contribution < -0.4 is 16.4 Å². The number of nitrogens with zero attached hydrogens (tertiary/aromatic N) is 5. The van der Waals surface area contributed by atoms with E-state index in [2.05, 4.69) is 25.7 Å². The molecule has 12 heteroatoms. The summed E-state index contributed by atoms with van der Waals surface area (Å²) in [6.45, 7) is 0.197. The Morgan fingerprint density at radius 1 is 1.44 bits per heavy atom. The molecule has 0 spiro atoms. The number of primary amides is 1. The maximum Gasteiger partial charge on any atom is 0.271 e. The molecule has 0 saturated carbocycles. The minimum atomic E-state index is -0.738. The number of hydrogen-bond acceptors (Lipinski definition) is 6. The van der Waals surface area contributed by atoms with Gasteiger partial charge in [0.1, 0.15) is 5.82 Å². The molecular weight excluding hydrogens is 376 g/mol. The van der Waals surface area contributed by atoms with E-state index in [9.17, 15) is 14.4 Å². The first-order valence-electron chi connectivity index (χ1n) is 7.88. The van der Waals surface area contributed by atoms with Crippen molar-refractivity contribution in [3.8, 4) is 0 Å². The molecular formula is C15H13ClN8O3. The largest absolute Gasteiger partial charge is 0.364 e. The third-order valence-corrected chi connectivity index (χ3v) is 4.32. The Balaban J connectivity index is 1.45. The fraction of sp³-hybridized carbons (Fsp3) is 0.200. The molecule has 0 fully saturated rings. The van der Waals surface area contributed by atoms with E-state index in [1.165, 1.54) is 10.8 Å². The molecule has 3 amide bonds. The van der Waals surface area contributed by atoms with Crippen LogP contribution in [0.3, 0.4) is 0 Å². The maximum absolute atomic E-state index is 12.3. The SMILES string of the molecule is NC(=O)c1ncn2c1NC(=O)C(CC(=O)Nc1nc3cc(Cl)ccn3n1)C2. The Morgan fingerprint density at radius 3 is 3.04 bits per heavy atom. The molecule has 0 saturated heterocycles. The highest BCUT2D eigenvalue weighted by molar-refractivity contribution is 6.30. The van der Waals surface area contributed by atoms with Crippen molar-refractivity contribution >= 4 is 46.7 Å². The first-order chi connectivity index (χ1) is 12.9. The summed E-state index contributed by atoms with van der Waals surface area (Å²) in [4.78, 5) is 43.9. The van der Waals surface area contributed by atoms with E-state index in [1.807, 2.05) is 0 Å². The molecule has 1 atom stereocenters. The smallest absolute Gasteiger partial charge is 0.271 e. The highest BCUT2D eigenvalue weighted by atomic mass is 35.5. The summed E-state index contributed by atoms with van der Waals surface area (Å²) >= 11 is 5.89. The number of aromatic nitrogens is 5. The van der Waals surface area contributed by atoms with Gasteiger partial charge >= 0.3 is 0 Å². The number of anilines is 2. The van der Waals surface area contributed by atoms with E-state index in [-0.39, 0.29) is 30.4 Å². The lowest BCUT2D eigenvalue weighted by atomic mass is 10.0. The van der Waals surface area contributed by atoms with Crippen LogP contribution in [0.5, 0.6) is 0 Å². The van der Waals surface area contributed by atoms with E-state index in [0.717, 1.165) is 0 Å². The molecule has 27 heavy (non-hydrogen) atoms. The molecule has 1 unspecified atom stereocenters. The number of halogens is 1. The van der Waals surface area contributed by atoms with Gasteiger partial charge in [-0.05, 0) is 6.07 Å². The zero-order chi connectivity index (χ0) is 19.1. The zero-order valence-electron chi connectivity index (χ0n) is 13.7. The van der Waals surface area contributed by atoms with E-state index in [4.69, 9.17) is 17.3 Å². The average molecular weight is 389 g/mol. The fourth-order valence-electron chi connectivity index (χ4n) is 2.84. The normalized spacial score (nSPS) is 16.0. The second-order valence-electron chi connectivity index (χ2n) is 5.98. The van der Waals surface area contributed by atoms with E-state index < -0.39 is 23.6 Å². The lowest BCUT2D eigenvalue weighted by Crippen LogP contribution is -2.36. The molecule has 1 aliphatic rings. The summed E-state index contributed by atoms with van der Waals surface area (Å²) in [5, 5.41) is 9.74. The van der Waals surface area contributed by atoms with Gasteiger partial charge in [-0.1, -0.05) is 11.6 Å². The standard InChI is InChI=1S/C15H13ClN8O3/c16-8-1-2-24-9(4-8)19-15(22-24)20-10(25)3-7-5-23-6-18-11(12(17)26)13(23)21-14(7)27/h1-2,4,6-7H,3,5H2,(H2,17,26)(H,21,27)(H,20,22,25). The lowest BCUT2D eigenvalue weighted by Gasteiger charge is -2.23. The molecule has 4 rings (SSSR count). The second kappa shape index (κ2) is 6.36. The Morgan fingerprint density at radius 2 is 2.26 bits per heavy atom.